The summed E-state index contributed by atoms with van der Waals surface area (Å²) in [6, 6.07) is 9.08. The third kappa shape index (κ3) is 2.91. The lowest BCUT2D eigenvalue weighted by atomic mass is 10.1. The molecule has 2 rings (SSSR count). The molecule has 0 unspecified atom stereocenters. The van der Waals surface area contributed by atoms with Gasteiger partial charge in [0, 0.05) is 13.6 Å². The molecule has 0 fully saturated rings. The monoisotopic (exact) mass is 325 g/mol. The molecule has 0 amide bonds. The van der Waals surface area contributed by atoms with Crippen LogP contribution in [0.15, 0.2) is 39.5 Å². The van der Waals surface area contributed by atoms with Gasteiger partial charge in [0.15, 0.2) is 0 Å². The molecule has 94 valence electrons. The highest BCUT2D eigenvalue weighted by atomic mass is 79.9. The fourth-order valence-electron chi connectivity index (χ4n) is 1.78. The second-order valence-corrected chi connectivity index (χ2v) is 6.23. The maximum atomic E-state index is 11.2. The van der Waals surface area contributed by atoms with Crippen LogP contribution in [-0.4, -0.2) is 18.1 Å². The van der Waals surface area contributed by atoms with Crippen LogP contribution in [0, 0.1) is 0 Å². The Hall–Kier alpha value is -1.33. The summed E-state index contributed by atoms with van der Waals surface area (Å²) in [5.41, 5.74) is 2.22. The number of benzene rings is 1. The summed E-state index contributed by atoms with van der Waals surface area (Å²) in [5, 5.41) is 11.2. The molecule has 0 saturated carbocycles. The van der Waals surface area contributed by atoms with Gasteiger partial charge in [0.1, 0.15) is 0 Å². The predicted octanol–water partition coefficient (Wildman–Crippen LogP) is 3.85. The van der Waals surface area contributed by atoms with Gasteiger partial charge in [0.05, 0.1) is 15.0 Å². The standard InChI is InChI=1S/C13H12BrNO2S/c1-15(7-9-6-12(14)18-8-9)11-5-3-2-4-10(11)13(16)17/h2-6,8H,7H2,1H3,(H,16,17). The van der Waals surface area contributed by atoms with Gasteiger partial charge in [-0.25, -0.2) is 4.79 Å². The quantitative estimate of drug-likeness (QED) is 0.928. The molecule has 2 aromatic rings. The van der Waals surface area contributed by atoms with E-state index in [9.17, 15) is 4.79 Å². The van der Waals surface area contributed by atoms with Gasteiger partial charge in [0.2, 0.25) is 0 Å². The van der Waals surface area contributed by atoms with Gasteiger partial charge in [0.25, 0.3) is 0 Å². The molecule has 0 saturated heterocycles. The summed E-state index contributed by atoms with van der Waals surface area (Å²) in [4.78, 5) is 13.1. The lowest BCUT2D eigenvalue weighted by molar-refractivity contribution is 0.0697. The van der Waals surface area contributed by atoms with Crippen LogP contribution in [0.4, 0.5) is 5.69 Å². The lowest BCUT2D eigenvalue weighted by Crippen LogP contribution is -2.18. The van der Waals surface area contributed by atoms with E-state index in [1.54, 1.807) is 23.5 Å². The van der Waals surface area contributed by atoms with Crippen molar-refractivity contribution in [2.75, 3.05) is 11.9 Å². The number of rotatable bonds is 4. The molecule has 0 spiro atoms. The molecule has 0 atom stereocenters. The summed E-state index contributed by atoms with van der Waals surface area (Å²) >= 11 is 5.05. The first-order valence-corrected chi connectivity index (χ1v) is 7.01. The highest BCUT2D eigenvalue weighted by Crippen LogP contribution is 2.25. The predicted molar refractivity (Wildman–Crippen MR) is 77.5 cm³/mol. The largest absolute Gasteiger partial charge is 0.478 e. The zero-order chi connectivity index (χ0) is 13.1. The van der Waals surface area contributed by atoms with E-state index in [2.05, 4.69) is 21.3 Å². The van der Waals surface area contributed by atoms with Crippen molar-refractivity contribution in [1.29, 1.82) is 0 Å². The molecule has 1 aromatic carbocycles. The molecule has 18 heavy (non-hydrogen) atoms. The Bertz CT molecular complexity index is 568. The molecule has 1 heterocycles. The molecule has 0 bridgehead atoms. The van der Waals surface area contributed by atoms with Crippen molar-refractivity contribution in [1.82, 2.24) is 0 Å². The Labute approximate surface area is 118 Å². The zero-order valence-electron chi connectivity index (χ0n) is 9.76. The van der Waals surface area contributed by atoms with Crippen molar-refractivity contribution in [2.45, 2.75) is 6.54 Å². The molecular formula is C13H12BrNO2S. The molecule has 1 N–H and O–H groups in total. The smallest absolute Gasteiger partial charge is 0.337 e. The number of carbonyl (C=O) groups is 1. The van der Waals surface area contributed by atoms with Crippen molar-refractivity contribution in [3.63, 3.8) is 0 Å². The van der Waals surface area contributed by atoms with Crippen LogP contribution in [-0.2, 0) is 6.54 Å². The van der Waals surface area contributed by atoms with E-state index in [1.165, 1.54) is 0 Å². The Morgan fingerprint density at radius 2 is 2.17 bits per heavy atom. The second kappa shape index (κ2) is 5.54. The minimum absolute atomic E-state index is 0.328. The van der Waals surface area contributed by atoms with Gasteiger partial charge in [-0.3, -0.25) is 0 Å². The molecular weight excluding hydrogens is 314 g/mol. The van der Waals surface area contributed by atoms with Gasteiger partial charge in [-0.1, -0.05) is 12.1 Å². The van der Waals surface area contributed by atoms with Crippen molar-refractivity contribution in [3.8, 4) is 0 Å². The second-order valence-electron chi connectivity index (χ2n) is 3.94. The van der Waals surface area contributed by atoms with Crippen molar-refractivity contribution < 1.29 is 9.90 Å². The van der Waals surface area contributed by atoms with Crippen molar-refractivity contribution in [3.05, 3.63) is 50.6 Å². The van der Waals surface area contributed by atoms with E-state index in [1.807, 2.05) is 30.1 Å². The molecule has 5 heteroatoms. The number of hydrogen-bond donors (Lipinski definition) is 1. The Morgan fingerprint density at radius 3 is 2.78 bits per heavy atom. The molecule has 3 nitrogen and oxygen atoms in total. The molecule has 0 aliphatic carbocycles. The number of hydrogen-bond acceptors (Lipinski definition) is 3. The number of anilines is 1. The Kier molecular flexibility index (Phi) is 4.04. The maximum Gasteiger partial charge on any atom is 0.337 e. The van der Waals surface area contributed by atoms with E-state index in [-0.39, 0.29) is 0 Å². The Morgan fingerprint density at radius 1 is 1.44 bits per heavy atom. The summed E-state index contributed by atoms with van der Waals surface area (Å²) in [6.45, 7) is 0.687. The van der Waals surface area contributed by atoms with Gasteiger partial charge < -0.3 is 10.0 Å². The van der Waals surface area contributed by atoms with E-state index < -0.39 is 5.97 Å². The topological polar surface area (TPSA) is 40.5 Å². The van der Waals surface area contributed by atoms with Crippen LogP contribution in [0.5, 0.6) is 0 Å². The fourth-order valence-corrected chi connectivity index (χ4v) is 2.98. The van der Waals surface area contributed by atoms with Crippen LogP contribution < -0.4 is 4.90 Å². The molecule has 0 radical (unpaired) electrons. The molecule has 0 aliphatic heterocycles. The number of halogens is 1. The number of carboxylic acids is 1. The highest BCUT2D eigenvalue weighted by molar-refractivity contribution is 9.11. The van der Waals surface area contributed by atoms with Crippen LogP contribution in [0.25, 0.3) is 0 Å². The first-order valence-electron chi connectivity index (χ1n) is 5.34. The third-order valence-corrected chi connectivity index (χ3v) is 4.14. The number of nitrogens with zero attached hydrogens (tertiary/aromatic N) is 1. The number of carboxylic acid groups (broad SMARTS) is 1. The number of para-hydroxylation sites is 1. The van der Waals surface area contributed by atoms with E-state index in [4.69, 9.17) is 5.11 Å². The third-order valence-electron chi connectivity index (χ3n) is 2.59. The number of thiophene rings is 1. The van der Waals surface area contributed by atoms with Crippen LogP contribution in [0.1, 0.15) is 15.9 Å². The van der Waals surface area contributed by atoms with Crippen LogP contribution in [0.3, 0.4) is 0 Å². The van der Waals surface area contributed by atoms with E-state index >= 15 is 0 Å². The molecule has 0 aliphatic rings. The zero-order valence-corrected chi connectivity index (χ0v) is 12.2. The molecule has 1 aromatic heterocycles. The van der Waals surface area contributed by atoms with Gasteiger partial charge in [-0.2, -0.15) is 0 Å². The van der Waals surface area contributed by atoms with Crippen molar-refractivity contribution >= 4 is 38.9 Å². The van der Waals surface area contributed by atoms with Gasteiger partial charge in [-0.15, -0.1) is 11.3 Å². The van der Waals surface area contributed by atoms with Crippen LogP contribution >= 0.6 is 27.3 Å². The van der Waals surface area contributed by atoms with Gasteiger partial charge >= 0.3 is 5.97 Å². The maximum absolute atomic E-state index is 11.2. The first-order chi connectivity index (χ1) is 8.58. The Balaban J connectivity index is 2.23. The van der Waals surface area contributed by atoms with E-state index in [0.29, 0.717) is 12.1 Å². The minimum Gasteiger partial charge on any atom is -0.478 e. The summed E-state index contributed by atoms with van der Waals surface area (Å²) in [5.74, 6) is -0.899. The first kappa shape index (κ1) is 13.1. The number of aromatic carboxylic acids is 1. The average molecular weight is 326 g/mol. The van der Waals surface area contributed by atoms with Crippen molar-refractivity contribution in [2.24, 2.45) is 0 Å². The lowest BCUT2D eigenvalue weighted by Gasteiger charge is -2.20. The highest BCUT2D eigenvalue weighted by Gasteiger charge is 2.13. The SMILES string of the molecule is CN(Cc1csc(Br)c1)c1ccccc1C(=O)O. The average Bonchev–Trinajstić information content (AvgIpc) is 2.74. The summed E-state index contributed by atoms with van der Waals surface area (Å²) < 4.78 is 1.08. The summed E-state index contributed by atoms with van der Waals surface area (Å²) in [7, 11) is 1.90. The normalized spacial score (nSPS) is 10.3. The fraction of sp³-hybridized carbons (Fsp3) is 0.154. The summed E-state index contributed by atoms with van der Waals surface area (Å²) in [6.07, 6.45) is 0. The van der Waals surface area contributed by atoms with Crippen LogP contribution in [0.2, 0.25) is 0 Å². The van der Waals surface area contributed by atoms with E-state index in [0.717, 1.165) is 15.0 Å². The minimum atomic E-state index is -0.899. The van der Waals surface area contributed by atoms with Gasteiger partial charge in [-0.05, 0) is 45.1 Å².